The molecule has 1 aromatic heterocycles. The number of aliphatic carboxylic acids is 1. The number of hydrogen-bond donors (Lipinski definition) is 2. The predicted octanol–water partition coefficient (Wildman–Crippen LogP) is 4.12. The highest BCUT2D eigenvalue weighted by atomic mass is 32.1. The molecule has 1 aliphatic carbocycles. The summed E-state index contributed by atoms with van der Waals surface area (Å²) in [4.78, 5) is 16.8. The van der Waals surface area contributed by atoms with E-state index in [9.17, 15) is 9.90 Å². The van der Waals surface area contributed by atoms with Gasteiger partial charge in [-0.25, -0.2) is 4.98 Å². The van der Waals surface area contributed by atoms with Crippen LogP contribution in [0.15, 0.2) is 24.3 Å². The molecule has 0 aliphatic heterocycles. The third-order valence-corrected chi connectivity index (χ3v) is 4.89. The fourth-order valence-corrected chi connectivity index (χ4v) is 3.65. The monoisotopic (exact) mass is 302 g/mol. The molecule has 0 amide bonds. The summed E-state index contributed by atoms with van der Waals surface area (Å²) in [5.74, 6) is -0.693. The standard InChI is InChI=1S/C16H18N2O2S/c1-9(2)10-3-5-11(6-4-10)17-16-18-14-12(15(19)20)7-8-13(14)21-16/h3-6,9,12H,7-8H2,1-2H3,(H,17,18)(H,19,20). The summed E-state index contributed by atoms with van der Waals surface area (Å²) in [6.45, 7) is 4.33. The molecule has 0 fully saturated rings. The Bertz CT molecular complexity index is 661. The number of nitrogens with zero attached hydrogens (tertiary/aromatic N) is 1. The van der Waals surface area contributed by atoms with E-state index in [4.69, 9.17) is 0 Å². The number of thiazole rings is 1. The second-order valence-corrected chi connectivity index (χ2v) is 6.74. The average molecular weight is 302 g/mol. The summed E-state index contributed by atoms with van der Waals surface area (Å²) < 4.78 is 0. The van der Waals surface area contributed by atoms with Gasteiger partial charge in [-0.2, -0.15) is 0 Å². The van der Waals surface area contributed by atoms with Crippen LogP contribution in [0.3, 0.4) is 0 Å². The van der Waals surface area contributed by atoms with Crippen molar-refractivity contribution in [3.63, 3.8) is 0 Å². The molecule has 1 aliphatic rings. The summed E-state index contributed by atoms with van der Waals surface area (Å²) in [5, 5.41) is 13.2. The van der Waals surface area contributed by atoms with Crippen LogP contribution >= 0.6 is 11.3 Å². The van der Waals surface area contributed by atoms with Crippen LogP contribution in [0, 0.1) is 0 Å². The van der Waals surface area contributed by atoms with Gasteiger partial charge < -0.3 is 10.4 Å². The van der Waals surface area contributed by atoms with Crippen LogP contribution in [0.4, 0.5) is 10.8 Å². The van der Waals surface area contributed by atoms with Gasteiger partial charge in [0.15, 0.2) is 5.13 Å². The molecular formula is C16H18N2O2S. The van der Waals surface area contributed by atoms with Crippen molar-refractivity contribution in [2.45, 2.75) is 38.5 Å². The molecule has 110 valence electrons. The Hall–Kier alpha value is -1.88. The second kappa shape index (κ2) is 5.48. The Morgan fingerprint density at radius 2 is 2.10 bits per heavy atom. The average Bonchev–Trinajstić information content (AvgIpc) is 2.98. The minimum absolute atomic E-state index is 0.435. The Kier molecular flexibility index (Phi) is 3.68. The largest absolute Gasteiger partial charge is 0.481 e. The molecule has 2 N–H and O–H groups in total. The van der Waals surface area contributed by atoms with Crippen molar-refractivity contribution < 1.29 is 9.90 Å². The molecule has 1 atom stereocenters. The Labute approximate surface area is 127 Å². The molecule has 2 aromatic rings. The number of fused-ring (bicyclic) bond motifs is 1. The highest BCUT2D eigenvalue weighted by molar-refractivity contribution is 7.15. The van der Waals surface area contributed by atoms with Crippen LogP contribution in [-0.4, -0.2) is 16.1 Å². The number of carboxylic acid groups (broad SMARTS) is 1. The summed E-state index contributed by atoms with van der Waals surface area (Å²) in [6.07, 6.45) is 1.49. The minimum Gasteiger partial charge on any atom is -0.481 e. The van der Waals surface area contributed by atoms with E-state index in [1.807, 2.05) is 12.1 Å². The van der Waals surface area contributed by atoms with Crippen molar-refractivity contribution in [3.05, 3.63) is 40.4 Å². The first-order chi connectivity index (χ1) is 10.0. The zero-order chi connectivity index (χ0) is 15.0. The molecule has 5 heteroatoms. The van der Waals surface area contributed by atoms with E-state index >= 15 is 0 Å². The van der Waals surface area contributed by atoms with Crippen LogP contribution in [0.2, 0.25) is 0 Å². The molecule has 1 heterocycles. The highest BCUT2D eigenvalue weighted by Gasteiger charge is 2.32. The van der Waals surface area contributed by atoms with E-state index in [0.717, 1.165) is 27.8 Å². The number of carbonyl (C=O) groups is 1. The molecule has 0 saturated heterocycles. The second-order valence-electron chi connectivity index (χ2n) is 5.66. The van der Waals surface area contributed by atoms with Crippen molar-refractivity contribution >= 4 is 28.1 Å². The zero-order valence-electron chi connectivity index (χ0n) is 12.1. The molecule has 1 unspecified atom stereocenters. The number of rotatable bonds is 4. The first-order valence-electron chi connectivity index (χ1n) is 7.14. The van der Waals surface area contributed by atoms with Crippen LogP contribution in [0.5, 0.6) is 0 Å². The van der Waals surface area contributed by atoms with Gasteiger partial charge in [0.05, 0.1) is 5.69 Å². The van der Waals surface area contributed by atoms with Crippen molar-refractivity contribution in [2.75, 3.05) is 5.32 Å². The van der Waals surface area contributed by atoms with Crippen LogP contribution in [0.1, 0.15) is 48.2 Å². The number of anilines is 2. The lowest BCUT2D eigenvalue weighted by molar-refractivity contribution is -0.138. The van der Waals surface area contributed by atoms with Gasteiger partial charge in [-0.3, -0.25) is 4.79 Å². The van der Waals surface area contributed by atoms with Crippen LogP contribution in [-0.2, 0) is 11.2 Å². The molecule has 4 nitrogen and oxygen atoms in total. The van der Waals surface area contributed by atoms with Crippen molar-refractivity contribution in [1.82, 2.24) is 4.98 Å². The normalized spacial score (nSPS) is 17.0. The number of hydrogen-bond acceptors (Lipinski definition) is 4. The van der Waals surface area contributed by atoms with E-state index in [1.54, 1.807) is 11.3 Å². The number of carboxylic acids is 1. The summed E-state index contributed by atoms with van der Waals surface area (Å²) >= 11 is 1.56. The van der Waals surface area contributed by atoms with Gasteiger partial charge in [-0.15, -0.1) is 11.3 Å². The summed E-state index contributed by atoms with van der Waals surface area (Å²) in [7, 11) is 0. The van der Waals surface area contributed by atoms with Gasteiger partial charge >= 0.3 is 5.97 Å². The fourth-order valence-electron chi connectivity index (χ4n) is 2.60. The summed E-state index contributed by atoms with van der Waals surface area (Å²) in [6, 6.07) is 8.29. The number of aromatic nitrogens is 1. The van der Waals surface area contributed by atoms with Crippen LogP contribution < -0.4 is 5.32 Å². The Morgan fingerprint density at radius 3 is 2.71 bits per heavy atom. The number of aryl methyl sites for hydroxylation is 1. The van der Waals surface area contributed by atoms with E-state index in [0.29, 0.717) is 12.3 Å². The Morgan fingerprint density at radius 1 is 1.38 bits per heavy atom. The molecule has 21 heavy (non-hydrogen) atoms. The predicted molar refractivity (Wildman–Crippen MR) is 84.6 cm³/mol. The lowest BCUT2D eigenvalue weighted by Crippen LogP contribution is -2.08. The maximum absolute atomic E-state index is 11.2. The molecule has 0 saturated carbocycles. The third-order valence-electron chi connectivity index (χ3n) is 3.84. The smallest absolute Gasteiger partial charge is 0.312 e. The first kappa shape index (κ1) is 14.1. The summed E-state index contributed by atoms with van der Waals surface area (Å²) in [5.41, 5.74) is 3.03. The van der Waals surface area contributed by atoms with Crippen molar-refractivity contribution in [3.8, 4) is 0 Å². The van der Waals surface area contributed by atoms with Crippen molar-refractivity contribution in [2.24, 2.45) is 0 Å². The van der Waals surface area contributed by atoms with Crippen molar-refractivity contribution in [1.29, 1.82) is 0 Å². The maximum atomic E-state index is 11.2. The van der Waals surface area contributed by atoms with Gasteiger partial charge in [0.1, 0.15) is 5.92 Å². The SMILES string of the molecule is CC(C)c1ccc(Nc2nc3c(s2)CCC3C(=O)O)cc1. The lowest BCUT2D eigenvalue weighted by Gasteiger charge is -2.07. The first-order valence-corrected chi connectivity index (χ1v) is 7.95. The van der Waals surface area contributed by atoms with Gasteiger partial charge in [-0.1, -0.05) is 26.0 Å². The molecule has 0 spiro atoms. The quantitative estimate of drug-likeness (QED) is 0.891. The van der Waals surface area contributed by atoms with Gasteiger partial charge in [0, 0.05) is 10.6 Å². The fraction of sp³-hybridized carbons (Fsp3) is 0.375. The van der Waals surface area contributed by atoms with E-state index in [2.05, 4.69) is 36.3 Å². The molecule has 3 rings (SSSR count). The lowest BCUT2D eigenvalue weighted by atomic mass is 10.0. The van der Waals surface area contributed by atoms with Crippen LogP contribution in [0.25, 0.3) is 0 Å². The molecular weight excluding hydrogens is 284 g/mol. The third kappa shape index (κ3) is 2.78. The van der Waals surface area contributed by atoms with Gasteiger partial charge in [0.2, 0.25) is 0 Å². The van der Waals surface area contributed by atoms with E-state index < -0.39 is 11.9 Å². The maximum Gasteiger partial charge on any atom is 0.312 e. The minimum atomic E-state index is -0.771. The topological polar surface area (TPSA) is 62.2 Å². The van der Waals surface area contributed by atoms with E-state index in [1.165, 1.54) is 5.56 Å². The van der Waals surface area contributed by atoms with E-state index in [-0.39, 0.29) is 0 Å². The molecule has 0 bridgehead atoms. The van der Waals surface area contributed by atoms with Gasteiger partial charge in [-0.05, 0) is 36.5 Å². The number of benzene rings is 1. The number of nitrogens with one attached hydrogen (secondary N) is 1. The Balaban J connectivity index is 1.77. The molecule has 0 radical (unpaired) electrons. The highest BCUT2D eigenvalue weighted by Crippen LogP contribution is 2.39. The molecule has 1 aromatic carbocycles. The van der Waals surface area contributed by atoms with Gasteiger partial charge in [0.25, 0.3) is 0 Å². The zero-order valence-corrected chi connectivity index (χ0v) is 12.9.